The van der Waals surface area contributed by atoms with E-state index < -0.39 is 18.1 Å². The van der Waals surface area contributed by atoms with E-state index in [0.29, 0.717) is 22.0 Å². The lowest BCUT2D eigenvalue weighted by Crippen LogP contribution is -2.54. The van der Waals surface area contributed by atoms with Gasteiger partial charge in [0.1, 0.15) is 0 Å². The number of likely N-dealkylation sites (tertiary alicyclic amines) is 1. The van der Waals surface area contributed by atoms with Crippen molar-refractivity contribution in [2.24, 2.45) is 0 Å². The predicted molar refractivity (Wildman–Crippen MR) is 216 cm³/mol. The van der Waals surface area contributed by atoms with Crippen LogP contribution in [0.5, 0.6) is 0 Å². The number of amides is 2. The molecule has 272 valence electrons. The van der Waals surface area contributed by atoms with Crippen LogP contribution in [0.4, 0.5) is 0 Å². The number of carbonyl (C=O) groups excluding carboxylic acids is 2. The van der Waals surface area contributed by atoms with E-state index in [4.69, 9.17) is 23.2 Å². The Balaban J connectivity index is 1.20. The van der Waals surface area contributed by atoms with Gasteiger partial charge in [-0.25, -0.2) is 0 Å². The van der Waals surface area contributed by atoms with Crippen molar-refractivity contribution in [3.8, 4) is 11.1 Å². The van der Waals surface area contributed by atoms with Gasteiger partial charge in [0.05, 0.1) is 18.6 Å². The Labute approximate surface area is 322 Å². The molecular weight excluding hydrogens is 701 g/mol. The molecule has 1 aliphatic rings. The van der Waals surface area contributed by atoms with E-state index in [2.05, 4.69) is 46.6 Å². The lowest BCUT2D eigenvalue weighted by Gasteiger charge is -2.40. The number of halogens is 2. The molecule has 1 saturated heterocycles. The smallest absolute Gasteiger partial charge is 0.244 e. The highest BCUT2D eigenvalue weighted by atomic mass is 35.5. The van der Waals surface area contributed by atoms with Gasteiger partial charge >= 0.3 is 0 Å². The first-order valence-electron chi connectivity index (χ1n) is 18.2. The number of rotatable bonds is 14. The van der Waals surface area contributed by atoms with E-state index in [-0.39, 0.29) is 24.9 Å². The maximum Gasteiger partial charge on any atom is 0.244 e. The van der Waals surface area contributed by atoms with Crippen molar-refractivity contribution in [1.82, 2.24) is 15.1 Å². The Bertz CT molecular complexity index is 1930. The molecule has 6 rings (SSSR count). The number of piperidine rings is 1. The summed E-state index contributed by atoms with van der Waals surface area (Å²) in [4.78, 5) is 31.9. The first kappa shape index (κ1) is 38.0. The van der Waals surface area contributed by atoms with Gasteiger partial charge in [-0.2, -0.15) is 0 Å². The predicted octanol–water partition coefficient (Wildman–Crippen LogP) is 8.50. The number of aliphatic hydroxyl groups is 1. The average Bonchev–Trinajstić information content (AvgIpc) is 3.18. The quantitative estimate of drug-likeness (QED) is 0.112. The zero-order chi connectivity index (χ0) is 37.0. The summed E-state index contributed by atoms with van der Waals surface area (Å²) in [5, 5.41) is 15.8. The summed E-state index contributed by atoms with van der Waals surface area (Å²) >= 11 is 12.7. The monoisotopic (exact) mass is 745 g/mol. The third-order valence-corrected chi connectivity index (χ3v) is 10.5. The highest BCUT2D eigenvalue weighted by molar-refractivity contribution is 6.37. The summed E-state index contributed by atoms with van der Waals surface area (Å²) in [6, 6.07) is 42.9. The fraction of sp³-hybridized carbons (Fsp3) is 0.244. The summed E-state index contributed by atoms with van der Waals surface area (Å²) < 4.78 is 0. The van der Waals surface area contributed by atoms with Crippen LogP contribution in [0.2, 0.25) is 10.0 Å². The van der Waals surface area contributed by atoms with Crippen LogP contribution < -0.4 is 5.32 Å². The summed E-state index contributed by atoms with van der Waals surface area (Å²) in [7, 11) is 0. The fourth-order valence-electron chi connectivity index (χ4n) is 6.95. The number of carbonyl (C=O) groups is 2. The first-order valence-corrected chi connectivity index (χ1v) is 18.9. The van der Waals surface area contributed by atoms with Crippen LogP contribution in [0.15, 0.2) is 140 Å². The van der Waals surface area contributed by atoms with Crippen molar-refractivity contribution in [3.63, 3.8) is 0 Å². The molecule has 1 fully saturated rings. The second kappa shape index (κ2) is 18.9. The highest BCUT2D eigenvalue weighted by Crippen LogP contribution is 2.26. The molecule has 2 amide bonds. The molecule has 0 unspecified atom stereocenters. The third kappa shape index (κ3) is 10.9. The van der Waals surface area contributed by atoms with Gasteiger partial charge in [-0.1, -0.05) is 145 Å². The van der Waals surface area contributed by atoms with Crippen LogP contribution in [0.3, 0.4) is 0 Å². The highest BCUT2D eigenvalue weighted by Gasteiger charge is 2.32. The fourth-order valence-corrected chi connectivity index (χ4v) is 7.47. The number of benzene rings is 5. The van der Waals surface area contributed by atoms with Crippen LogP contribution in [0.25, 0.3) is 17.2 Å². The number of aliphatic hydroxyl groups excluding tert-OH is 1. The lowest BCUT2D eigenvalue weighted by molar-refractivity contribution is -0.136. The Morgan fingerprint density at radius 3 is 1.92 bits per heavy atom. The van der Waals surface area contributed by atoms with E-state index in [1.807, 2.05) is 83.8 Å². The molecule has 0 aromatic heterocycles. The number of nitrogens with zero attached hydrogens (tertiary/aromatic N) is 2. The molecule has 0 saturated carbocycles. The second-order valence-corrected chi connectivity index (χ2v) is 14.4. The molecule has 1 heterocycles. The number of hydrogen-bond donors (Lipinski definition) is 2. The van der Waals surface area contributed by atoms with E-state index in [1.165, 1.54) is 11.6 Å². The van der Waals surface area contributed by atoms with Gasteiger partial charge < -0.3 is 15.3 Å². The molecule has 2 N–H and O–H groups in total. The molecule has 0 spiro atoms. The van der Waals surface area contributed by atoms with Crippen molar-refractivity contribution in [3.05, 3.63) is 172 Å². The molecule has 53 heavy (non-hydrogen) atoms. The van der Waals surface area contributed by atoms with Crippen molar-refractivity contribution in [2.75, 3.05) is 19.6 Å². The molecular formula is C45H45Cl2N3O3. The zero-order valence-corrected chi connectivity index (χ0v) is 31.2. The van der Waals surface area contributed by atoms with Crippen molar-refractivity contribution >= 4 is 41.1 Å². The van der Waals surface area contributed by atoms with E-state index in [0.717, 1.165) is 54.7 Å². The molecule has 5 aromatic carbocycles. The van der Waals surface area contributed by atoms with Gasteiger partial charge in [0.2, 0.25) is 11.8 Å². The number of nitrogens with one attached hydrogen (secondary N) is 1. The van der Waals surface area contributed by atoms with Gasteiger partial charge in [0, 0.05) is 53.9 Å². The van der Waals surface area contributed by atoms with E-state index in [9.17, 15) is 14.7 Å². The molecule has 2 atom stereocenters. The minimum absolute atomic E-state index is 0.0453. The van der Waals surface area contributed by atoms with Crippen LogP contribution in [-0.2, 0) is 29.0 Å². The van der Waals surface area contributed by atoms with Crippen LogP contribution >= 0.6 is 23.2 Å². The van der Waals surface area contributed by atoms with Gasteiger partial charge in [-0.05, 0) is 65.3 Å². The minimum atomic E-state index is -1.04. The Kier molecular flexibility index (Phi) is 13.5. The van der Waals surface area contributed by atoms with E-state index >= 15 is 0 Å². The maximum absolute atomic E-state index is 14.3. The third-order valence-electron chi connectivity index (χ3n) is 9.86. The van der Waals surface area contributed by atoms with Gasteiger partial charge in [0.15, 0.2) is 0 Å². The summed E-state index contributed by atoms with van der Waals surface area (Å²) in [6.45, 7) is 2.62. The Morgan fingerprint density at radius 2 is 1.30 bits per heavy atom. The maximum atomic E-state index is 14.3. The van der Waals surface area contributed by atoms with Gasteiger partial charge in [-0.15, -0.1) is 0 Å². The summed E-state index contributed by atoms with van der Waals surface area (Å²) in [5.74, 6) is -0.442. The zero-order valence-electron chi connectivity index (χ0n) is 29.7. The largest absolute Gasteiger partial charge is 0.389 e. The standard InChI is InChI=1S/C45H45Cl2N3O3/c46-40-17-10-18-41(47)39(40)23-24-44(52)48-42(29-33-11-4-1-5-12-33)43(51)32-50(38-25-27-49(28-26-38)31-35-13-6-2-7-14-35)45(53)30-34-19-21-37(22-20-34)36-15-8-3-9-16-36/h1-24,38,42-43,51H,25-32H2,(H,48,52)/t42-,43-/m0/s1. The normalized spacial score (nSPS) is 14.8. The van der Waals surface area contributed by atoms with E-state index in [1.54, 1.807) is 24.3 Å². The van der Waals surface area contributed by atoms with Crippen LogP contribution in [0, 0.1) is 0 Å². The SMILES string of the molecule is O=C(C=Cc1c(Cl)cccc1Cl)N[C@@H](Cc1ccccc1)[C@@H](O)CN(C(=O)Cc1ccc(-c2ccccc2)cc1)C1CCN(Cc2ccccc2)CC1. The minimum Gasteiger partial charge on any atom is -0.389 e. The lowest BCUT2D eigenvalue weighted by atomic mass is 9.97. The molecule has 1 aliphatic heterocycles. The van der Waals surface area contributed by atoms with Crippen molar-refractivity contribution < 1.29 is 14.7 Å². The van der Waals surface area contributed by atoms with Crippen molar-refractivity contribution in [2.45, 2.75) is 50.4 Å². The Hall–Kier alpha value is -4.72. The molecule has 6 nitrogen and oxygen atoms in total. The molecule has 0 radical (unpaired) electrons. The average molecular weight is 747 g/mol. The van der Waals surface area contributed by atoms with Crippen LogP contribution in [0.1, 0.15) is 35.1 Å². The first-order chi connectivity index (χ1) is 25.8. The number of hydrogen-bond acceptors (Lipinski definition) is 4. The Morgan fingerprint density at radius 1 is 0.736 bits per heavy atom. The molecule has 0 aliphatic carbocycles. The van der Waals surface area contributed by atoms with Crippen molar-refractivity contribution in [1.29, 1.82) is 0 Å². The molecule has 5 aromatic rings. The van der Waals surface area contributed by atoms with Crippen LogP contribution in [-0.4, -0.2) is 64.5 Å². The van der Waals surface area contributed by atoms with Gasteiger partial charge in [0.25, 0.3) is 0 Å². The van der Waals surface area contributed by atoms with Gasteiger partial charge in [-0.3, -0.25) is 14.5 Å². The molecule has 8 heteroatoms. The summed E-state index contributed by atoms with van der Waals surface area (Å²) in [5.41, 5.74) is 5.88. The second-order valence-electron chi connectivity index (χ2n) is 13.6. The summed E-state index contributed by atoms with van der Waals surface area (Å²) in [6.07, 6.45) is 4.08. The topological polar surface area (TPSA) is 72.9 Å². The molecule has 0 bridgehead atoms.